The molecule has 2 rings (SSSR count). The van der Waals surface area contributed by atoms with Crippen molar-refractivity contribution in [3.05, 3.63) is 29.6 Å². The van der Waals surface area contributed by atoms with Crippen molar-refractivity contribution in [1.82, 2.24) is 4.98 Å². The summed E-state index contributed by atoms with van der Waals surface area (Å²) in [5, 5.41) is 2.17. The smallest absolute Gasteiger partial charge is 0.180 e. The van der Waals surface area contributed by atoms with Crippen LogP contribution >= 0.6 is 11.3 Å². The van der Waals surface area contributed by atoms with Gasteiger partial charge < -0.3 is 5.73 Å². The van der Waals surface area contributed by atoms with Crippen LogP contribution in [0.15, 0.2) is 34.5 Å². The van der Waals surface area contributed by atoms with Crippen LogP contribution in [0, 0.1) is 0 Å². The lowest BCUT2D eigenvalue weighted by Crippen LogP contribution is -1.88. The number of nitrogen functional groups attached to an aromatic ring is 1. The van der Waals surface area contributed by atoms with Gasteiger partial charge in [-0.05, 0) is 6.07 Å². The largest absolute Gasteiger partial charge is 0.375 e. The molecule has 1 aromatic heterocycles. The van der Waals surface area contributed by atoms with Crippen LogP contribution in [0.3, 0.4) is 0 Å². The maximum absolute atomic E-state index is 11.0. The number of anilines is 1. The molecular weight excluding hydrogens is 232 g/mol. The third-order valence-electron chi connectivity index (χ3n) is 1.90. The molecule has 0 spiro atoms. The molecule has 0 aliphatic rings. The van der Waals surface area contributed by atoms with Gasteiger partial charge in [-0.2, -0.15) is 0 Å². The third-order valence-corrected chi connectivity index (χ3v) is 3.36. The molecule has 6 heteroatoms. The van der Waals surface area contributed by atoms with E-state index < -0.39 is 10.7 Å². The molecule has 1 heterocycles. The summed E-state index contributed by atoms with van der Waals surface area (Å²) in [5.74, 6) is 0. The molecule has 0 saturated carbocycles. The number of rotatable bonds is 2. The molecule has 2 N–H and O–H groups in total. The Bertz CT molecular complexity index is 553. The average molecular weight is 240 g/mol. The molecule has 0 unspecified atom stereocenters. The summed E-state index contributed by atoms with van der Waals surface area (Å²) >= 11 is 1.29. The maximum atomic E-state index is 11.0. The monoisotopic (exact) mass is 240 g/mol. The zero-order chi connectivity index (χ0) is 10.8. The highest BCUT2D eigenvalue weighted by atomic mass is 32.2. The van der Waals surface area contributed by atoms with Gasteiger partial charge in [0.05, 0.1) is 10.6 Å². The standard InChI is InChI=1S/C9H8N2O2S2/c10-9-11-7(5-14-9)6-3-1-2-4-8(6)15(12)13/h1-5,15H,(H2,10,11). The van der Waals surface area contributed by atoms with Crippen LogP contribution in [0.4, 0.5) is 5.13 Å². The first-order chi connectivity index (χ1) is 7.18. The highest BCUT2D eigenvalue weighted by Gasteiger charge is 2.08. The Balaban J connectivity index is 2.62. The van der Waals surface area contributed by atoms with Gasteiger partial charge >= 0.3 is 0 Å². The molecule has 0 saturated heterocycles. The predicted molar refractivity (Wildman–Crippen MR) is 60.5 cm³/mol. The number of nitrogens with zero attached hydrogens (tertiary/aromatic N) is 1. The summed E-state index contributed by atoms with van der Waals surface area (Å²) in [7, 11) is -2.61. The second-order valence-corrected chi connectivity index (χ2v) is 4.73. The number of nitrogens with two attached hydrogens (primary N) is 1. The van der Waals surface area contributed by atoms with Gasteiger partial charge in [-0.25, -0.2) is 13.4 Å². The van der Waals surface area contributed by atoms with Gasteiger partial charge in [0.15, 0.2) is 15.8 Å². The Kier molecular flexibility index (Phi) is 2.70. The van der Waals surface area contributed by atoms with E-state index in [0.29, 0.717) is 16.4 Å². The van der Waals surface area contributed by atoms with Gasteiger partial charge in [-0.1, -0.05) is 18.2 Å². The van der Waals surface area contributed by atoms with E-state index in [-0.39, 0.29) is 4.90 Å². The van der Waals surface area contributed by atoms with Crippen molar-refractivity contribution in [2.45, 2.75) is 4.90 Å². The molecule has 0 radical (unpaired) electrons. The summed E-state index contributed by atoms with van der Waals surface area (Å²) in [6.45, 7) is 0. The van der Waals surface area contributed by atoms with Crippen LogP contribution in [0.5, 0.6) is 0 Å². The molecule has 0 amide bonds. The minimum Gasteiger partial charge on any atom is -0.375 e. The Hall–Kier alpha value is -1.40. The van der Waals surface area contributed by atoms with Crippen LogP contribution in [0.2, 0.25) is 0 Å². The fourth-order valence-corrected chi connectivity index (χ4v) is 2.42. The van der Waals surface area contributed by atoms with Crippen LogP contribution in [-0.4, -0.2) is 13.4 Å². The number of thiazole rings is 1. The molecular formula is C9H8N2O2S2. The number of thiol groups is 1. The van der Waals surface area contributed by atoms with Crippen LogP contribution in [0.1, 0.15) is 0 Å². The molecule has 0 atom stereocenters. The lowest BCUT2D eigenvalue weighted by Gasteiger charge is -1.99. The molecule has 0 bridgehead atoms. The second kappa shape index (κ2) is 4.00. The van der Waals surface area contributed by atoms with E-state index >= 15 is 0 Å². The van der Waals surface area contributed by atoms with E-state index in [0.717, 1.165) is 0 Å². The first-order valence-electron chi connectivity index (χ1n) is 4.13. The van der Waals surface area contributed by atoms with Crippen LogP contribution in [-0.2, 0) is 10.7 Å². The lowest BCUT2D eigenvalue weighted by atomic mass is 10.2. The molecule has 15 heavy (non-hydrogen) atoms. The van der Waals surface area contributed by atoms with Gasteiger partial charge in [-0.3, -0.25) is 0 Å². The van der Waals surface area contributed by atoms with Crippen LogP contribution < -0.4 is 5.73 Å². The minimum atomic E-state index is -2.61. The summed E-state index contributed by atoms with van der Waals surface area (Å²) in [4.78, 5) is 4.33. The molecule has 1 aromatic carbocycles. The van der Waals surface area contributed by atoms with Crippen molar-refractivity contribution in [2.24, 2.45) is 0 Å². The fourth-order valence-electron chi connectivity index (χ4n) is 1.26. The summed E-state index contributed by atoms with van der Waals surface area (Å²) in [6, 6.07) is 6.72. The Labute approximate surface area is 92.3 Å². The topological polar surface area (TPSA) is 73.0 Å². The molecule has 0 fully saturated rings. The minimum absolute atomic E-state index is 0.276. The van der Waals surface area contributed by atoms with Crippen LogP contribution in [0.25, 0.3) is 11.3 Å². The van der Waals surface area contributed by atoms with Crippen molar-refractivity contribution in [2.75, 3.05) is 5.73 Å². The van der Waals surface area contributed by atoms with E-state index in [2.05, 4.69) is 4.98 Å². The van der Waals surface area contributed by atoms with E-state index in [1.165, 1.54) is 11.3 Å². The fraction of sp³-hybridized carbons (Fsp3) is 0. The Morgan fingerprint density at radius 3 is 2.60 bits per heavy atom. The predicted octanol–water partition coefficient (Wildman–Crippen LogP) is 1.36. The Morgan fingerprint density at radius 1 is 1.27 bits per heavy atom. The van der Waals surface area contributed by atoms with Crippen molar-refractivity contribution in [3.8, 4) is 11.3 Å². The first kappa shape index (κ1) is 10.1. The normalized spacial score (nSPS) is 10.7. The first-order valence-corrected chi connectivity index (χ1v) is 6.19. The summed E-state index contributed by atoms with van der Waals surface area (Å²) < 4.78 is 22.0. The van der Waals surface area contributed by atoms with E-state index in [4.69, 9.17) is 5.73 Å². The number of benzene rings is 1. The number of hydrogen-bond acceptors (Lipinski definition) is 5. The van der Waals surface area contributed by atoms with Gasteiger partial charge in [-0.15, -0.1) is 11.3 Å². The van der Waals surface area contributed by atoms with Gasteiger partial charge in [0.1, 0.15) is 0 Å². The average Bonchev–Trinajstić information content (AvgIpc) is 2.65. The second-order valence-electron chi connectivity index (χ2n) is 2.85. The molecule has 0 aliphatic heterocycles. The zero-order valence-electron chi connectivity index (χ0n) is 7.58. The number of aromatic nitrogens is 1. The highest BCUT2D eigenvalue weighted by molar-refractivity contribution is 7.72. The Morgan fingerprint density at radius 2 is 2.00 bits per heavy atom. The summed E-state index contributed by atoms with van der Waals surface area (Å²) in [6.07, 6.45) is 0. The van der Waals surface area contributed by atoms with Gasteiger partial charge in [0, 0.05) is 10.9 Å². The lowest BCUT2D eigenvalue weighted by molar-refractivity contribution is 0.615. The maximum Gasteiger partial charge on any atom is 0.180 e. The molecule has 0 aliphatic carbocycles. The quantitative estimate of drug-likeness (QED) is 0.777. The summed E-state index contributed by atoms with van der Waals surface area (Å²) in [5.41, 5.74) is 6.70. The van der Waals surface area contributed by atoms with Crippen molar-refractivity contribution in [3.63, 3.8) is 0 Å². The third kappa shape index (κ3) is 2.00. The van der Waals surface area contributed by atoms with E-state index in [1.54, 1.807) is 29.6 Å². The van der Waals surface area contributed by atoms with Gasteiger partial charge in [0.25, 0.3) is 0 Å². The van der Waals surface area contributed by atoms with Crippen molar-refractivity contribution in [1.29, 1.82) is 0 Å². The SMILES string of the molecule is Nc1nc(-c2ccccc2[SH](=O)=O)cs1. The zero-order valence-corrected chi connectivity index (χ0v) is 9.29. The highest BCUT2D eigenvalue weighted by Crippen LogP contribution is 2.26. The molecule has 78 valence electrons. The molecule has 2 aromatic rings. The van der Waals surface area contributed by atoms with Crippen molar-refractivity contribution >= 4 is 27.2 Å². The van der Waals surface area contributed by atoms with E-state index in [9.17, 15) is 8.42 Å². The van der Waals surface area contributed by atoms with E-state index in [1.807, 2.05) is 0 Å². The van der Waals surface area contributed by atoms with Crippen molar-refractivity contribution < 1.29 is 8.42 Å². The van der Waals surface area contributed by atoms with Gasteiger partial charge in [0.2, 0.25) is 0 Å². The molecule has 4 nitrogen and oxygen atoms in total. The number of hydrogen-bond donors (Lipinski definition) is 2.